The number of carbonyl (C=O) groups is 1. The number of hydrogen-bond donors (Lipinski definition) is 1. The molecule has 0 aliphatic heterocycles. The van der Waals surface area contributed by atoms with Gasteiger partial charge in [0, 0.05) is 6.42 Å². The van der Waals surface area contributed by atoms with Crippen molar-refractivity contribution in [3.8, 4) is 0 Å². The van der Waals surface area contributed by atoms with Crippen molar-refractivity contribution in [3.63, 3.8) is 0 Å². The van der Waals surface area contributed by atoms with Gasteiger partial charge in [-0.3, -0.25) is 4.79 Å². The lowest BCUT2D eigenvalue weighted by molar-refractivity contribution is 0.0697. The first-order valence-corrected chi connectivity index (χ1v) is 5.41. The molecule has 85 valence electrons. The van der Waals surface area contributed by atoms with Crippen LogP contribution in [0.5, 0.6) is 0 Å². The number of rotatable bonds is 7. The topological polar surface area (TPSA) is 54.4 Å². The van der Waals surface area contributed by atoms with Crippen molar-refractivity contribution in [1.82, 2.24) is 0 Å². The van der Waals surface area contributed by atoms with Crippen molar-refractivity contribution in [2.24, 2.45) is 0 Å². The van der Waals surface area contributed by atoms with Gasteiger partial charge in [-0.2, -0.15) is 0 Å². The van der Waals surface area contributed by atoms with Crippen molar-refractivity contribution < 1.29 is 14.7 Å². The van der Waals surface area contributed by atoms with E-state index in [1.165, 1.54) is 0 Å². The third-order valence-corrected chi connectivity index (χ3v) is 2.45. The molecular weight excluding hydrogens is 204 g/mol. The fourth-order valence-corrected chi connectivity index (χ4v) is 1.52. The molecule has 3 heteroatoms. The lowest BCUT2D eigenvalue weighted by atomic mass is 10.0. The summed E-state index contributed by atoms with van der Waals surface area (Å²) >= 11 is 0. The fourth-order valence-electron chi connectivity index (χ4n) is 1.52. The molecule has 0 aliphatic carbocycles. The maximum absolute atomic E-state index is 10.6. The number of hydrogen-bond acceptors (Lipinski definition) is 2. The minimum Gasteiger partial charge on any atom is -0.478 e. The van der Waals surface area contributed by atoms with E-state index in [-0.39, 0.29) is 0 Å². The molecule has 0 heterocycles. The molecule has 0 bridgehead atoms. The Labute approximate surface area is 95.1 Å². The Morgan fingerprint density at radius 1 is 1.12 bits per heavy atom. The number of aryl methyl sites for hydroxylation is 1. The highest BCUT2D eigenvalue weighted by Gasteiger charge is 2.01. The summed E-state index contributed by atoms with van der Waals surface area (Å²) in [4.78, 5) is 20.6. The summed E-state index contributed by atoms with van der Waals surface area (Å²) < 4.78 is 0. The average Bonchev–Trinajstić information content (AvgIpc) is 2.29. The predicted octanol–water partition coefficient (Wildman–Crippen LogP) is 2.60. The van der Waals surface area contributed by atoms with Crippen molar-refractivity contribution >= 4 is 12.3 Å². The molecule has 0 atom stereocenters. The molecule has 1 N–H and O–H groups in total. The van der Waals surface area contributed by atoms with Gasteiger partial charge in [0.2, 0.25) is 0 Å². The van der Waals surface area contributed by atoms with Crippen LogP contribution in [0.25, 0.3) is 0 Å². The third kappa shape index (κ3) is 4.26. The van der Waals surface area contributed by atoms with Gasteiger partial charge in [0.1, 0.15) is 0 Å². The molecule has 0 unspecified atom stereocenters. The Morgan fingerprint density at radius 3 is 2.38 bits per heavy atom. The number of carbonyl (C=O) groups excluding carboxylic acids is 1. The van der Waals surface area contributed by atoms with E-state index in [0.717, 1.165) is 31.2 Å². The zero-order valence-electron chi connectivity index (χ0n) is 9.11. The highest BCUT2D eigenvalue weighted by molar-refractivity contribution is 5.87. The monoisotopic (exact) mass is 219 g/mol. The molecule has 1 radical (unpaired) electrons. The molecule has 0 spiro atoms. The summed E-state index contributed by atoms with van der Waals surface area (Å²) in [5.74, 6) is -0.895. The maximum atomic E-state index is 10.6. The van der Waals surface area contributed by atoms with E-state index in [1.54, 1.807) is 12.1 Å². The van der Waals surface area contributed by atoms with Crippen LogP contribution in [-0.2, 0) is 11.2 Å². The van der Waals surface area contributed by atoms with Gasteiger partial charge < -0.3 is 5.11 Å². The summed E-state index contributed by atoms with van der Waals surface area (Å²) in [6, 6.07) is 6.93. The first-order valence-electron chi connectivity index (χ1n) is 5.41. The highest BCUT2D eigenvalue weighted by atomic mass is 16.4. The molecule has 16 heavy (non-hydrogen) atoms. The Bertz CT molecular complexity index is 341. The number of carboxylic acids is 1. The zero-order valence-corrected chi connectivity index (χ0v) is 9.11. The summed E-state index contributed by atoms with van der Waals surface area (Å²) in [7, 11) is 0. The van der Waals surface area contributed by atoms with Gasteiger partial charge in [-0.1, -0.05) is 18.6 Å². The molecular formula is C13H15O3. The van der Waals surface area contributed by atoms with Crippen LogP contribution >= 0.6 is 0 Å². The van der Waals surface area contributed by atoms with Gasteiger partial charge >= 0.3 is 5.97 Å². The number of unbranched alkanes of at least 4 members (excludes halogenated alkanes) is 3. The second-order valence-electron chi connectivity index (χ2n) is 3.71. The average molecular weight is 219 g/mol. The first-order chi connectivity index (χ1) is 7.74. The Kier molecular flexibility index (Phi) is 5.26. The SMILES string of the molecule is O=[C]CCCCCc1ccc(C(=O)O)cc1. The zero-order chi connectivity index (χ0) is 11.8. The van der Waals surface area contributed by atoms with E-state index in [2.05, 4.69) is 0 Å². The Morgan fingerprint density at radius 2 is 1.81 bits per heavy atom. The van der Waals surface area contributed by atoms with E-state index in [9.17, 15) is 9.59 Å². The normalized spacial score (nSPS) is 10.0. The fraction of sp³-hybridized carbons (Fsp3) is 0.385. The van der Waals surface area contributed by atoms with Gasteiger partial charge in [0.25, 0.3) is 0 Å². The quantitative estimate of drug-likeness (QED) is 0.717. The van der Waals surface area contributed by atoms with Crippen LogP contribution in [0.15, 0.2) is 24.3 Å². The predicted molar refractivity (Wildman–Crippen MR) is 61.3 cm³/mol. The molecule has 1 aromatic carbocycles. The van der Waals surface area contributed by atoms with Gasteiger partial charge in [-0.25, -0.2) is 4.79 Å². The summed E-state index contributed by atoms with van der Waals surface area (Å²) in [5, 5.41) is 8.71. The number of benzene rings is 1. The van der Waals surface area contributed by atoms with Crippen LogP contribution in [0, 0.1) is 0 Å². The van der Waals surface area contributed by atoms with Gasteiger partial charge in [-0.15, -0.1) is 0 Å². The molecule has 1 aromatic rings. The lowest BCUT2D eigenvalue weighted by Crippen LogP contribution is -1.96. The minimum atomic E-state index is -0.895. The lowest BCUT2D eigenvalue weighted by Gasteiger charge is -2.01. The van der Waals surface area contributed by atoms with Crippen molar-refractivity contribution in [2.75, 3.05) is 0 Å². The third-order valence-electron chi connectivity index (χ3n) is 2.45. The second kappa shape index (κ2) is 6.77. The number of carboxylic acid groups (broad SMARTS) is 1. The van der Waals surface area contributed by atoms with Gasteiger partial charge in [0.15, 0.2) is 6.29 Å². The van der Waals surface area contributed by atoms with E-state index < -0.39 is 5.97 Å². The molecule has 1 rings (SSSR count). The van der Waals surface area contributed by atoms with E-state index in [0.29, 0.717) is 12.0 Å². The van der Waals surface area contributed by atoms with Crippen LogP contribution in [0.2, 0.25) is 0 Å². The molecule has 0 aromatic heterocycles. The molecule has 0 saturated carbocycles. The van der Waals surface area contributed by atoms with E-state index in [4.69, 9.17) is 5.11 Å². The van der Waals surface area contributed by atoms with Gasteiger partial charge in [0.05, 0.1) is 5.56 Å². The Balaban J connectivity index is 2.32. The van der Waals surface area contributed by atoms with E-state index >= 15 is 0 Å². The van der Waals surface area contributed by atoms with Crippen LogP contribution < -0.4 is 0 Å². The Hall–Kier alpha value is -1.64. The van der Waals surface area contributed by atoms with Crippen molar-refractivity contribution in [3.05, 3.63) is 35.4 Å². The molecule has 0 saturated heterocycles. The van der Waals surface area contributed by atoms with Gasteiger partial charge in [-0.05, 0) is 37.0 Å². The standard InChI is InChI=1S/C13H15O3/c14-10-4-2-1-3-5-11-6-8-12(9-7-11)13(15)16/h6-9H,1-5H2,(H,15,16). The first kappa shape index (κ1) is 12.4. The molecule has 3 nitrogen and oxygen atoms in total. The van der Waals surface area contributed by atoms with Crippen LogP contribution in [0.4, 0.5) is 0 Å². The maximum Gasteiger partial charge on any atom is 0.335 e. The van der Waals surface area contributed by atoms with Crippen LogP contribution in [0.3, 0.4) is 0 Å². The molecule has 0 fully saturated rings. The van der Waals surface area contributed by atoms with Crippen molar-refractivity contribution in [1.29, 1.82) is 0 Å². The second-order valence-corrected chi connectivity index (χ2v) is 3.71. The number of aromatic carboxylic acids is 1. The summed E-state index contributed by atoms with van der Waals surface area (Å²) in [5.41, 5.74) is 1.46. The van der Waals surface area contributed by atoms with E-state index in [1.807, 2.05) is 18.4 Å². The van der Waals surface area contributed by atoms with Crippen LogP contribution in [0.1, 0.15) is 41.6 Å². The van der Waals surface area contributed by atoms with Crippen molar-refractivity contribution in [2.45, 2.75) is 32.1 Å². The molecule has 0 amide bonds. The summed E-state index contributed by atoms with van der Waals surface area (Å²) in [6.07, 6.45) is 6.23. The summed E-state index contributed by atoms with van der Waals surface area (Å²) in [6.45, 7) is 0. The highest BCUT2D eigenvalue weighted by Crippen LogP contribution is 2.09. The molecule has 0 aliphatic rings. The van der Waals surface area contributed by atoms with Crippen LogP contribution in [-0.4, -0.2) is 17.4 Å². The smallest absolute Gasteiger partial charge is 0.335 e. The minimum absolute atomic E-state index is 0.319. The largest absolute Gasteiger partial charge is 0.478 e.